The Bertz CT molecular complexity index is 376. The molecule has 0 radical (unpaired) electrons. The summed E-state index contributed by atoms with van der Waals surface area (Å²) in [5, 5.41) is 3.44. The highest BCUT2D eigenvalue weighted by Gasteiger charge is 2.26. The van der Waals surface area contributed by atoms with Gasteiger partial charge in [-0.2, -0.15) is 0 Å². The maximum atomic E-state index is 5.44. The highest BCUT2D eigenvalue weighted by Crippen LogP contribution is 2.30. The average molecular weight is 235 g/mol. The third-order valence-electron chi connectivity index (χ3n) is 4.00. The van der Waals surface area contributed by atoms with E-state index in [4.69, 9.17) is 4.74 Å². The van der Waals surface area contributed by atoms with Gasteiger partial charge in [-0.3, -0.25) is 0 Å². The van der Waals surface area contributed by atoms with E-state index < -0.39 is 0 Å². The van der Waals surface area contributed by atoms with Gasteiger partial charge >= 0.3 is 0 Å². The maximum absolute atomic E-state index is 5.44. The number of hydrogen-bond donors (Lipinski definition) is 1. The molecule has 1 aromatic heterocycles. The second kappa shape index (κ2) is 4.78. The van der Waals surface area contributed by atoms with Crippen molar-refractivity contribution >= 4 is 0 Å². The lowest BCUT2D eigenvalue weighted by Crippen LogP contribution is -2.22. The Hall–Kier alpha value is -0.870. The van der Waals surface area contributed by atoms with Gasteiger partial charge in [0.05, 0.1) is 0 Å². The van der Waals surface area contributed by atoms with Crippen molar-refractivity contribution in [3.8, 4) is 0 Å². The number of nitrogens with one attached hydrogen (secondary N) is 1. The van der Waals surface area contributed by atoms with Crippen molar-refractivity contribution in [1.29, 1.82) is 0 Å². The molecule has 0 aliphatic carbocycles. The van der Waals surface area contributed by atoms with Crippen molar-refractivity contribution in [3.05, 3.63) is 17.7 Å². The van der Waals surface area contributed by atoms with E-state index >= 15 is 0 Å². The first kappa shape index (κ1) is 11.2. The highest BCUT2D eigenvalue weighted by atomic mass is 16.5. The SMILES string of the molecule is Cc1cnc(C2CCOCC2)n1C1CCNC1. The van der Waals surface area contributed by atoms with Crippen LogP contribution in [0.4, 0.5) is 0 Å². The van der Waals surface area contributed by atoms with Gasteiger partial charge in [0.2, 0.25) is 0 Å². The van der Waals surface area contributed by atoms with Crippen LogP contribution in [0.15, 0.2) is 6.20 Å². The van der Waals surface area contributed by atoms with Gasteiger partial charge in [-0.25, -0.2) is 4.98 Å². The minimum atomic E-state index is 0.595. The number of imidazole rings is 1. The van der Waals surface area contributed by atoms with Crippen LogP contribution < -0.4 is 5.32 Å². The van der Waals surface area contributed by atoms with Crippen molar-refractivity contribution in [2.24, 2.45) is 0 Å². The second-order valence-corrected chi connectivity index (χ2v) is 5.16. The summed E-state index contributed by atoms with van der Waals surface area (Å²) in [6, 6.07) is 0.607. The lowest BCUT2D eigenvalue weighted by atomic mass is 9.99. The van der Waals surface area contributed by atoms with Gasteiger partial charge in [-0.05, 0) is 32.7 Å². The maximum Gasteiger partial charge on any atom is 0.112 e. The van der Waals surface area contributed by atoms with Crippen molar-refractivity contribution in [2.45, 2.75) is 38.1 Å². The molecule has 4 nitrogen and oxygen atoms in total. The quantitative estimate of drug-likeness (QED) is 0.846. The molecule has 2 aliphatic rings. The number of ether oxygens (including phenoxy) is 1. The van der Waals surface area contributed by atoms with E-state index in [9.17, 15) is 0 Å². The van der Waals surface area contributed by atoms with Crippen LogP contribution in [0, 0.1) is 6.92 Å². The van der Waals surface area contributed by atoms with Crippen LogP contribution in [0.3, 0.4) is 0 Å². The van der Waals surface area contributed by atoms with Gasteiger partial charge in [0.15, 0.2) is 0 Å². The molecule has 4 heteroatoms. The molecule has 0 bridgehead atoms. The Kier molecular flexibility index (Phi) is 3.16. The third kappa shape index (κ3) is 2.11. The van der Waals surface area contributed by atoms with Crippen LogP contribution in [-0.2, 0) is 4.74 Å². The van der Waals surface area contributed by atoms with Crippen molar-refractivity contribution in [3.63, 3.8) is 0 Å². The van der Waals surface area contributed by atoms with Crippen LogP contribution >= 0.6 is 0 Å². The fourth-order valence-electron chi connectivity index (χ4n) is 3.06. The topological polar surface area (TPSA) is 39.1 Å². The molecule has 2 aliphatic heterocycles. The van der Waals surface area contributed by atoms with E-state index in [0.29, 0.717) is 12.0 Å². The van der Waals surface area contributed by atoms with Crippen LogP contribution in [0.2, 0.25) is 0 Å². The molecule has 3 heterocycles. The van der Waals surface area contributed by atoms with E-state index in [2.05, 4.69) is 21.8 Å². The summed E-state index contributed by atoms with van der Waals surface area (Å²) >= 11 is 0. The number of aryl methyl sites for hydroxylation is 1. The van der Waals surface area contributed by atoms with Gasteiger partial charge in [0.1, 0.15) is 5.82 Å². The lowest BCUT2D eigenvalue weighted by molar-refractivity contribution is 0.0825. The van der Waals surface area contributed by atoms with Gasteiger partial charge < -0.3 is 14.6 Å². The Morgan fingerprint density at radius 1 is 1.35 bits per heavy atom. The Labute approximate surface area is 102 Å². The zero-order chi connectivity index (χ0) is 11.7. The van der Waals surface area contributed by atoms with Gasteiger partial charge in [-0.15, -0.1) is 0 Å². The lowest BCUT2D eigenvalue weighted by Gasteiger charge is -2.25. The molecule has 0 amide bonds. The Morgan fingerprint density at radius 2 is 2.18 bits per heavy atom. The summed E-state index contributed by atoms with van der Waals surface area (Å²) in [7, 11) is 0. The first-order valence-corrected chi connectivity index (χ1v) is 6.68. The molecule has 2 fully saturated rings. The Morgan fingerprint density at radius 3 is 2.88 bits per heavy atom. The zero-order valence-corrected chi connectivity index (χ0v) is 10.5. The fraction of sp³-hybridized carbons (Fsp3) is 0.769. The predicted octanol–water partition coefficient (Wildman–Crippen LogP) is 1.62. The number of rotatable bonds is 2. The summed E-state index contributed by atoms with van der Waals surface area (Å²) in [6.45, 7) is 6.18. The molecular weight excluding hydrogens is 214 g/mol. The van der Waals surface area contributed by atoms with E-state index in [0.717, 1.165) is 39.1 Å². The molecule has 2 saturated heterocycles. The summed E-state index contributed by atoms with van der Waals surface area (Å²) in [4.78, 5) is 4.66. The first-order valence-electron chi connectivity index (χ1n) is 6.68. The van der Waals surface area contributed by atoms with Crippen molar-refractivity contribution in [1.82, 2.24) is 14.9 Å². The summed E-state index contributed by atoms with van der Waals surface area (Å²) in [6.07, 6.45) is 5.50. The zero-order valence-electron chi connectivity index (χ0n) is 10.5. The standard InChI is InChI=1S/C13H21N3O/c1-10-8-15-13(11-3-6-17-7-4-11)16(10)12-2-5-14-9-12/h8,11-12,14H,2-7,9H2,1H3. The van der Waals surface area contributed by atoms with Crippen molar-refractivity contribution < 1.29 is 4.74 Å². The highest BCUT2D eigenvalue weighted by molar-refractivity contribution is 5.11. The fourth-order valence-corrected chi connectivity index (χ4v) is 3.06. The van der Waals surface area contributed by atoms with Crippen molar-refractivity contribution in [2.75, 3.05) is 26.3 Å². The van der Waals surface area contributed by atoms with Crippen LogP contribution in [0.5, 0.6) is 0 Å². The summed E-state index contributed by atoms with van der Waals surface area (Å²) < 4.78 is 7.91. The molecule has 1 atom stereocenters. The number of aromatic nitrogens is 2. The Balaban J connectivity index is 1.87. The molecule has 17 heavy (non-hydrogen) atoms. The third-order valence-corrected chi connectivity index (χ3v) is 4.00. The van der Waals surface area contributed by atoms with Crippen LogP contribution in [0.25, 0.3) is 0 Å². The van der Waals surface area contributed by atoms with Gasteiger partial charge in [0.25, 0.3) is 0 Å². The summed E-state index contributed by atoms with van der Waals surface area (Å²) in [5.41, 5.74) is 1.31. The molecule has 3 rings (SSSR count). The smallest absolute Gasteiger partial charge is 0.112 e. The minimum Gasteiger partial charge on any atom is -0.381 e. The molecular formula is C13H21N3O. The second-order valence-electron chi connectivity index (χ2n) is 5.16. The number of nitrogens with zero attached hydrogens (tertiary/aromatic N) is 2. The first-order chi connectivity index (χ1) is 8.36. The largest absolute Gasteiger partial charge is 0.381 e. The molecule has 0 aromatic carbocycles. The molecule has 1 N–H and O–H groups in total. The molecule has 1 aromatic rings. The van der Waals surface area contributed by atoms with Crippen LogP contribution in [-0.4, -0.2) is 35.9 Å². The molecule has 0 saturated carbocycles. The minimum absolute atomic E-state index is 0.595. The van der Waals surface area contributed by atoms with E-state index in [-0.39, 0.29) is 0 Å². The molecule has 1 unspecified atom stereocenters. The monoisotopic (exact) mass is 235 g/mol. The van der Waals surface area contributed by atoms with Gasteiger partial charge in [-0.1, -0.05) is 0 Å². The molecule has 94 valence electrons. The number of hydrogen-bond acceptors (Lipinski definition) is 3. The summed E-state index contributed by atoms with van der Waals surface area (Å²) in [5.74, 6) is 1.89. The van der Waals surface area contributed by atoms with E-state index in [1.54, 1.807) is 0 Å². The molecule has 0 spiro atoms. The van der Waals surface area contributed by atoms with E-state index in [1.807, 2.05) is 6.20 Å². The normalized spacial score (nSPS) is 26.5. The average Bonchev–Trinajstić information content (AvgIpc) is 2.99. The van der Waals surface area contributed by atoms with Gasteiger partial charge in [0, 0.05) is 43.6 Å². The predicted molar refractivity (Wildman–Crippen MR) is 66.3 cm³/mol. The van der Waals surface area contributed by atoms with E-state index in [1.165, 1.54) is 17.9 Å². The van der Waals surface area contributed by atoms with Crippen LogP contribution in [0.1, 0.15) is 42.7 Å².